The fourth-order valence-electron chi connectivity index (χ4n) is 1.78. The van der Waals surface area contributed by atoms with Gasteiger partial charge in [0.05, 0.1) is 17.7 Å². The maximum absolute atomic E-state index is 5.77. The molecule has 0 atom stereocenters. The van der Waals surface area contributed by atoms with Crippen molar-refractivity contribution in [3.63, 3.8) is 0 Å². The number of aromatic amines is 1. The van der Waals surface area contributed by atoms with Crippen molar-refractivity contribution < 1.29 is 4.63 Å². The summed E-state index contributed by atoms with van der Waals surface area (Å²) in [5, 5.41) is 10.9. The average molecular weight is 244 g/mol. The van der Waals surface area contributed by atoms with Crippen LogP contribution >= 0.6 is 0 Å². The number of anilines is 2. The van der Waals surface area contributed by atoms with E-state index in [9.17, 15) is 0 Å². The van der Waals surface area contributed by atoms with E-state index >= 15 is 0 Å². The first-order chi connectivity index (χ1) is 8.84. The minimum absolute atomic E-state index is 0.561. The standard InChI is InChI=1S/C11H12N6O/c12-8-1-2-9(11-10(8)16-18-17-11)14-4-3-7-5-13-6-15-7/h1-2,5-6,14H,3-4,12H2,(H,13,15). The molecule has 0 unspecified atom stereocenters. The van der Waals surface area contributed by atoms with Crippen LogP contribution in [0.15, 0.2) is 29.3 Å². The van der Waals surface area contributed by atoms with E-state index in [-0.39, 0.29) is 0 Å². The molecule has 1 aromatic carbocycles. The zero-order valence-corrected chi connectivity index (χ0v) is 9.55. The first-order valence-electron chi connectivity index (χ1n) is 5.56. The van der Waals surface area contributed by atoms with Gasteiger partial charge in [-0.05, 0) is 22.4 Å². The Hall–Kier alpha value is -2.57. The Bertz CT molecular complexity index is 645. The zero-order valence-electron chi connectivity index (χ0n) is 9.55. The summed E-state index contributed by atoms with van der Waals surface area (Å²) in [6, 6.07) is 3.65. The Labute approximate surface area is 102 Å². The molecule has 0 aliphatic heterocycles. The largest absolute Gasteiger partial charge is 0.397 e. The van der Waals surface area contributed by atoms with Gasteiger partial charge in [0.15, 0.2) is 11.0 Å². The Balaban J connectivity index is 1.75. The molecule has 3 rings (SSSR count). The molecule has 18 heavy (non-hydrogen) atoms. The summed E-state index contributed by atoms with van der Waals surface area (Å²) < 4.78 is 4.70. The van der Waals surface area contributed by atoms with Gasteiger partial charge >= 0.3 is 0 Å². The molecule has 0 saturated carbocycles. The van der Waals surface area contributed by atoms with Crippen molar-refractivity contribution >= 4 is 22.4 Å². The minimum atomic E-state index is 0.561. The second-order valence-corrected chi connectivity index (χ2v) is 3.92. The van der Waals surface area contributed by atoms with Crippen LogP contribution in [-0.4, -0.2) is 26.8 Å². The van der Waals surface area contributed by atoms with Gasteiger partial charge in [0.25, 0.3) is 0 Å². The number of nitrogens with one attached hydrogen (secondary N) is 2. The van der Waals surface area contributed by atoms with E-state index in [1.54, 1.807) is 18.6 Å². The number of aromatic nitrogens is 4. The quantitative estimate of drug-likeness (QED) is 0.595. The van der Waals surface area contributed by atoms with Crippen LogP contribution in [0.3, 0.4) is 0 Å². The van der Waals surface area contributed by atoms with E-state index in [0.29, 0.717) is 16.7 Å². The van der Waals surface area contributed by atoms with Crippen molar-refractivity contribution in [1.29, 1.82) is 0 Å². The monoisotopic (exact) mass is 244 g/mol. The summed E-state index contributed by atoms with van der Waals surface area (Å²) >= 11 is 0. The molecule has 0 amide bonds. The lowest BCUT2D eigenvalue weighted by Crippen LogP contribution is -2.05. The van der Waals surface area contributed by atoms with Gasteiger partial charge in [0, 0.05) is 24.9 Å². The van der Waals surface area contributed by atoms with Crippen molar-refractivity contribution in [2.24, 2.45) is 0 Å². The number of benzene rings is 1. The maximum Gasteiger partial charge on any atom is 0.160 e. The Morgan fingerprint density at radius 1 is 1.28 bits per heavy atom. The molecule has 0 spiro atoms. The molecular formula is C11H12N6O. The van der Waals surface area contributed by atoms with Crippen LogP contribution in [-0.2, 0) is 6.42 Å². The number of nitrogens with two attached hydrogens (primary N) is 1. The van der Waals surface area contributed by atoms with Crippen molar-refractivity contribution in [3.05, 3.63) is 30.4 Å². The Morgan fingerprint density at radius 3 is 3.00 bits per heavy atom. The van der Waals surface area contributed by atoms with Gasteiger partial charge < -0.3 is 16.0 Å². The number of nitrogen functional groups attached to an aromatic ring is 1. The second-order valence-electron chi connectivity index (χ2n) is 3.92. The topological polar surface area (TPSA) is 106 Å². The van der Waals surface area contributed by atoms with Crippen LogP contribution in [0.1, 0.15) is 5.69 Å². The Morgan fingerprint density at radius 2 is 2.17 bits per heavy atom. The highest BCUT2D eigenvalue weighted by Gasteiger charge is 2.09. The van der Waals surface area contributed by atoms with Gasteiger partial charge in [-0.15, -0.1) is 0 Å². The summed E-state index contributed by atoms with van der Waals surface area (Å²) in [5.41, 5.74) is 9.51. The average Bonchev–Trinajstić information content (AvgIpc) is 3.02. The van der Waals surface area contributed by atoms with Crippen LogP contribution in [0.25, 0.3) is 11.0 Å². The van der Waals surface area contributed by atoms with Gasteiger partial charge in [-0.1, -0.05) is 0 Å². The fraction of sp³-hybridized carbons (Fsp3) is 0.182. The molecular weight excluding hydrogens is 232 g/mol. The lowest BCUT2D eigenvalue weighted by atomic mass is 10.2. The molecule has 7 heteroatoms. The molecule has 0 aliphatic rings. The number of rotatable bonds is 4. The second kappa shape index (κ2) is 4.36. The highest BCUT2D eigenvalue weighted by atomic mass is 16.6. The maximum atomic E-state index is 5.77. The molecule has 0 radical (unpaired) electrons. The number of hydrogen-bond acceptors (Lipinski definition) is 6. The SMILES string of the molecule is Nc1ccc(NCCc2cnc[nH]2)c2nonc12. The molecule has 0 bridgehead atoms. The van der Waals surface area contributed by atoms with E-state index < -0.39 is 0 Å². The molecule has 7 nitrogen and oxygen atoms in total. The first-order valence-corrected chi connectivity index (χ1v) is 5.56. The Kier molecular flexibility index (Phi) is 2.56. The van der Waals surface area contributed by atoms with Crippen LogP contribution in [0.2, 0.25) is 0 Å². The summed E-state index contributed by atoms with van der Waals surface area (Å²) in [6.07, 6.45) is 4.31. The van der Waals surface area contributed by atoms with Gasteiger partial charge in [-0.3, -0.25) is 0 Å². The molecule has 2 heterocycles. The van der Waals surface area contributed by atoms with Crippen molar-refractivity contribution in [2.45, 2.75) is 6.42 Å². The third-order valence-corrected chi connectivity index (χ3v) is 2.71. The van der Waals surface area contributed by atoms with E-state index in [4.69, 9.17) is 10.4 Å². The molecule has 2 aromatic heterocycles. The van der Waals surface area contributed by atoms with E-state index in [1.165, 1.54) is 0 Å². The van der Waals surface area contributed by atoms with E-state index in [0.717, 1.165) is 24.3 Å². The minimum Gasteiger partial charge on any atom is -0.397 e. The molecule has 3 aromatic rings. The zero-order chi connectivity index (χ0) is 12.4. The van der Waals surface area contributed by atoms with Gasteiger partial charge in [0.1, 0.15) is 0 Å². The number of fused-ring (bicyclic) bond motifs is 1. The summed E-state index contributed by atoms with van der Waals surface area (Å²) in [4.78, 5) is 7.01. The van der Waals surface area contributed by atoms with E-state index in [2.05, 4.69) is 25.6 Å². The highest BCUT2D eigenvalue weighted by molar-refractivity contribution is 5.94. The number of nitrogens with zero attached hydrogens (tertiary/aromatic N) is 3. The molecule has 0 fully saturated rings. The lowest BCUT2D eigenvalue weighted by molar-refractivity contribution is 0.316. The number of H-pyrrole nitrogens is 1. The molecule has 0 saturated heterocycles. The van der Waals surface area contributed by atoms with Crippen LogP contribution < -0.4 is 11.1 Å². The lowest BCUT2D eigenvalue weighted by Gasteiger charge is -2.05. The predicted octanol–water partition coefficient (Wildman–Crippen LogP) is 1.18. The van der Waals surface area contributed by atoms with Crippen molar-refractivity contribution in [3.8, 4) is 0 Å². The van der Waals surface area contributed by atoms with Crippen LogP contribution in [0.5, 0.6) is 0 Å². The summed E-state index contributed by atoms with van der Waals surface area (Å²) in [6.45, 7) is 0.758. The number of imidazole rings is 1. The predicted molar refractivity (Wildman–Crippen MR) is 67.0 cm³/mol. The van der Waals surface area contributed by atoms with Gasteiger partial charge in [0.2, 0.25) is 0 Å². The highest BCUT2D eigenvalue weighted by Crippen LogP contribution is 2.24. The molecule has 4 N–H and O–H groups in total. The third-order valence-electron chi connectivity index (χ3n) is 2.71. The van der Waals surface area contributed by atoms with Gasteiger partial charge in [-0.2, -0.15) is 0 Å². The summed E-state index contributed by atoms with van der Waals surface area (Å²) in [7, 11) is 0. The van der Waals surface area contributed by atoms with Gasteiger partial charge in [-0.25, -0.2) is 9.61 Å². The fourth-order valence-corrected chi connectivity index (χ4v) is 1.78. The number of hydrogen-bond donors (Lipinski definition) is 3. The smallest absolute Gasteiger partial charge is 0.160 e. The first kappa shape index (κ1) is 10.6. The van der Waals surface area contributed by atoms with Crippen LogP contribution in [0, 0.1) is 0 Å². The van der Waals surface area contributed by atoms with Crippen molar-refractivity contribution in [1.82, 2.24) is 20.3 Å². The molecule has 92 valence electrons. The normalized spacial score (nSPS) is 10.9. The van der Waals surface area contributed by atoms with Crippen LogP contribution in [0.4, 0.5) is 11.4 Å². The third kappa shape index (κ3) is 1.86. The van der Waals surface area contributed by atoms with E-state index in [1.807, 2.05) is 6.07 Å². The van der Waals surface area contributed by atoms with Crippen molar-refractivity contribution in [2.75, 3.05) is 17.6 Å². The summed E-state index contributed by atoms with van der Waals surface area (Å²) in [5.74, 6) is 0. The molecule has 0 aliphatic carbocycles.